The topological polar surface area (TPSA) is 47.3 Å². The zero-order chi connectivity index (χ0) is 15.1. The molecule has 2 unspecified atom stereocenters. The van der Waals surface area contributed by atoms with E-state index in [1.54, 1.807) is 0 Å². The molecule has 1 aromatic rings. The lowest BCUT2D eigenvalue weighted by molar-refractivity contribution is 0.00703. The van der Waals surface area contributed by atoms with Crippen LogP contribution in [0, 0.1) is 11.8 Å². The van der Waals surface area contributed by atoms with Crippen LogP contribution in [0.3, 0.4) is 0 Å². The van der Waals surface area contributed by atoms with E-state index in [9.17, 15) is 0 Å². The summed E-state index contributed by atoms with van der Waals surface area (Å²) in [6, 6.07) is 10.7. The number of ether oxygens (including phenoxy) is 1. The van der Waals surface area contributed by atoms with Crippen LogP contribution in [0.1, 0.15) is 57.6 Å². The zero-order valence-corrected chi connectivity index (χ0v) is 13.4. The van der Waals surface area contributed by atoms with Gasteiger partial charge in [0.05, 0.1) is 12.1 Å². The molecule has 1 saturated carbocycles. The van der Waals surface area contributed by atoms with Crippen LogP contribution in [-0.4, -0.2) is 12.6 Å². The number of rotatable bonds is 7. The molecule has 1 fully saturated rings. The van der Waals surface area contributed by atoms with Crippen molar-refractivity contribution in [2.75, 3.05) is 6.61 Å². The lowest BCUT2D eigenvalue weighted by Crippen LogP contribution is -2.47. The Balaban J connectivity index is 2.09. The number of hydrogen-bond donors (Lipinski definition) is 2. The van der Waals surface area contributed by atoms with Gasteiger partial charge in [0, 0.05) is 6.61 Å². The van der Waals surface area contributed by atoms with E-state index in [0.29, 0.717) is 12.5 Å². The summed E-state index contributed by atoms with van der Waals surface area (Å²) in [4.78, 5) is 0. The van der Waals surface area contributed by atoms with Crippen LogP contribution in [0.4, 0.5) is 0 Å². The Hall–Kier alpha value is -0.900. The summed E-state index contributed by atoms with van der Waals surface area (Å²) in [6.45, 7) is 5.07. The highest BCUT2D eigenvalue weighted by atomic mass is 16.5. The number of nitrogens with one attached hydrogen (secondary N) is 1. The first-order chi connectivity index (χ1) is 10.3. The maximum absolute atomic E-state index is 6.04. The quantitative estimate of drug-likeness (QED) is 0.593. The van der Waals surface area contributed by atoms with E-state index in [-0.39, 0.29) is 12.1 Å². The lowest BCUT2D eigenvalue weighted by atomic mass is 9.75. The molecule has 0 amide bonds. The van der Waals surface area contributed by atoms with E-state index < -0.39 is 0 Å². The Labute approximate surface area is 129 Å². The highest BCUT2D eigenvalue weighted by Crippen LogP contribution is 2.37. The second-order valence-electron chi connectivity index (χ2n) is 6.17. The zero-order valence-electron chi connectivity index (χ0n) is 13.4. The van der Waals surface area contributed by atoms with Gasteiger partial charge in [-0.25, -0.2) is 0 Å². The summed E-state index contributed by atoms with van der Waals surface area (Å²) in [7, 11) is 0. The molecule has 0 aliphatic heterocycles. The molecule has 0 spiro atoms. The van der Waals surface area contributed by atoms with Crippen molar-refractivity contribution in [3.8, 4) is 0 Å². The van der Waals surface area contributed by atoms with E-state index in [1.807, 2.05) is 6.07 Å². The second-order valence-corrected chi connectivity index (χ2v) is 6.17. The minimum Gasteiger partial charge on any atom is -0.372 e. The molecule has 3 heteroatoms. The van der Waals surface area contributed by atoms with Crippen molar-refractivity contribution in [2.24, 2.45) is 17.7 Å². The molecule has 0 heterocycles. The van der Waals surface area contributed by atoms with E-state index in [2.05, 4.69) is 43.5 Å². The van der Waals surface area contributed by atoms with Crippen LogP contribution in [0.25, 0.3) is 0 Å². The Morgan fingerprint density at radius 1 is 1.14 bits per heavy atom. The molecule has 3 N–H and O–H groups in total. The highest BCUT2D eigenvalue weighted by Gasteiger charge is 2.33. The van der Waals surface area contributed by atoms with Gasteiger partial charge in [-0.3, -0.25) is 11.3 Å². The first-order valence-electron chi connectivity index (χ1n) is 8.42. The standard InChI is InChI=1S/C18H30N2O/c1-3-14-10-12-15(13-11-14)17(20-19)18(21-4-2)16-8-6-5-7-9-16/h5-9,14-15,17-18,20H,3-4,10-13,19H2,1-2H3. The van der Waals surface area contributed by atoms with Gasteiger partial charge in [0.1, 0.15) is 0 Å². The predicted molar refractivity (Wildman–Crippen MR) is 87.7 cm³/mol. The number of hydrogen-bond acceptors (Lipinski definition) is 3. The number of hydrazine groups is 1. The monoisotopic (exact) mass is 290 g/mol. The van der Waals surface area contributed by atoms with Gasteiger partial charge in [-0.05, 0) is 37.2 Å². The molecule has 2 rings (SSSR count). The summed E-state index contributed by atoms with van der Waals surface area (Å²) in [5.74, 6) is 7.42. The fraction of sp³-hybridized carbons (Fsp3) is 0.667. The number of benzene rings is 1. The van der Waals surface area contributed by atoms with Crippen molar-refractivity contribution in [3.63, 3.8) is 0 Å². The van der Waals surface area contributed by atoms with Crippen LogP contribution >= 0.6 is 0 Å². The molecule has 1 aromatic carbocycles. The van der Waals surface area contributed by atoms with Gasteiger partial charge in [0.25, 0.3) is 0 Å². The average molecular weight is 290 g/mol. The van der Waals surface area contributed by atoms with Crippen LogP contribution in [0.2, 0.25) is 0 Å². The second kappa shape index (κ2) is 8.52. The Bertz CT molecular complexity index is 387. The van der Waals surface area contributed by atoms with Crippen molar-refractivity contribution >= 4 is 0 Å². The van der Waals surface area contributed by atoms with Crippen molar-refractivity contribution in [2.45, 2.75) is 58.1 Å². The summed E-state index contributed by atoms with van der Waals surface area (Å²) >= 11 is 0. The van der Waals surface area contributed by atoms with Gasteiger partial charge >= 0.3 is 0 Å². The van der Waals surface area contributed by atoms with Crippen LogP contribution in [-0.2, 0) is 4.74 Å². The van der Waals surface area contributed by atoms with Crippen molar-refractivity contribution in [1.29, 1.82) is 0 Å². The first-order valence-corrected chi connectivity index (χ1v) is 8.42. The average Bonchev–Trinajstić information content (AvgIpc) is 2.56. The summed E-state index contributed by atoms with van der Waals surface area (Å²) in [5, 5.41) is 0. The Morgan fingerprint density at radius 2 is 1.81 bits per heavy atom. The molecule has 2 atom stereocenters. The number of nitrogens with two attached hydrogens (primary N) is 1. The molecule has 0 saturated heterocycles. The smallest absolute Gasteiger partial charge is 0.0993 e. The maximum atomic E-state index is 6.04. The summed E-state index contributed by atoms with van der Waals surface area (Å²) in [6.07, 6.45) is 6.51. The van der Waals surface area contributed by atoms with Crippen LogP contribution < -0.4 is 11.3 Å². The van der Waals surface area contributed by atoms with Gasteiger partial charge in [-0.2, -0.15) is 0 Å². The molecule has 21 heavy (non-hydrogen) atoms. The van der Waals surface area contributed by atoms with Gasteiger partial charge in [0.2, 0.25) is 0 Å². The molecule has 118 valence electrons. The molecular formula is C18H30N2O. The van der Waals surface area contributed by atoms with Gasteiger partial charge in [0.15, 0.2) is 0 Å². The molecule has 1 aliphatic carbocycles. The minimum atomic E-state index is 0.0457. The maximum Gasteiger partial charge on any atom is 0.0993 e. The normalized spacial score (nSPS) is 25.5. The summed E-state index contributed by atoms with van der Waals surface area (Å²) < 4.78 is 6.04. The molecular weight excluding hydrogens is 260 g/mol. The van der Waals surface area contributed by atoms with Crippen LogP contribution in [0.15, 0.2) is 30.3 Å². The molecule has 0 radical (unpaired) electrons. The van der Waals surface area contributed by atoms with E-state index >= 15 is 0 Å². The first kappa shape index (κ1) is 16.5. The molecule has 1 aliphatic rings. The molecule has 0 bridgehead atoms. The fourth-order valence-electron chi connectivity index (χ4n) is 3.66. The van der Waals surface area contributed by atoms with Crippen molar-refractivity contribution < 1.29 is 4.74 Å². The van der Waals surface area contributed by atoms with Crippen molar-refractivity contribution in [3.05, 3.63) is 35.9 Å². The Kier molecular flexibility index (Phi) is 6.68. The van der Waals surface area contributed by atoms with E-state index in [4.69, 9.17) is 10.6 Å². The SMILES string of the molecule is CCOC(c1ccccc1)C(NN)C1CCC(CC)CC1. The third-order valence-corrected chi connectivity index (χ3v) is 4.97. The highest BCUT2D eigenvalue weighted by molar-refractivity contribution is 5.19. The molecule has 0 aromatic heterocycles. The predicted octanol–water partition coefficient (Wildman–Crippen LogP) is 3.81. The van der Waals surface area contributed by atoms with E-state index in [1.165, 1.54) is 37.7 Å². The largest absolute Gasteiger partial charge is 0.372 e. The minimum absolute atomic E-state index is 0.0457. The lowest BCUT2D eigenvalue weighted by Gasteiger charge is -2.37. The van der Waals surface area contributed by atoms with Crippen molar-refractivity contribution in [1.82, 2.24) is 5.43 Å². The van der Waals surface area contributed by atoms with Gasteiger partial charge in [-0.1, -0.05) is 56.5 Å². The molecule has 3 nitrogen and oxygen atoms in total. The fourth-order valence-corrected chi connectivity index (χ4v) is 3.66. The van der Waals surface area contributed by atoms with E-state index in [0.717, 1.165) is 5.92 Å². The third-order valence-electron chi connectivity index (χ3n) is 4.97. The van der Waals surface area contributed by atoms with Gasteiger partial charge < -0.3 is 4.74 Å². The third kappa shape index (κ3) is 4.29. The van der Waals surface area contributed by atoms with Crippen LogP contribution in [0.5, 0.6) is 0 Å². The van der Waals surface area contributed by atoms with Gasteiger partial charge in [-0.15, -0.1) is 0 Å². The summed E-state index contributed by atoms with van der Waals surface area (Å²) in [5.41, 5.74) is 4.29. The Morgan fingerprint density at radius 3 is 2.33 bits per heavy atom.